The Morgan fingerprint density at radius 1 is 1.28 bits per heavy atom. The van der Waals surface area contributed by atoms with Gasteiger partial charge in [0.1, 0.15) is 5.56 Å². The third kappa shape index (κ3) is 4.55. The van der Waals surface area contributed by atoms with Crippen LogP contribution in [0.2, 0.25) is 0 Å². The Morgan fingerprint density at radius 2 is 1.96 bits per heavy atom. The Morgan fingerprint density at radius 3 is 2.64 bits per heavy atom. The van der Waals surface area contributed by atoms with Crippen molar-refractivity contribution in [2.24, 2.45) is 11.8 Å². The first-order valence-corrected chi connectivity index (χ1v) is 8.56. The summed E-state index contributed by atoms with van der Waals surface area (Å²) in [4.78, 5) is 34.9. The van der Waals surface area contributed by atoms with E-state index in [2.05, 4.69) is 19.2 Å². The van der Waals surface area contributed by atoms with Gasteiger partial charge >= 0.3 is 5.97 Å². The summed E-state index contributed by atoms with van der Waals surface area (Å²) in [6.07, 6.45) is 2.09. The van der Waals surface area contributed by atoms with Crippen LogP contribution in [-0.4, -0.2) is 28.9 Å². The Bertz CT molecular complexity index is 661. The van der Waals surface area contributed by atoms with E-state index in [1.54, 1.807) is 0 Å². The molecule has 2 rings (SSSR count). The summed E-state index contributed by atoms with van der Waals surface area (Å²) in [5, 5.41) is 13.9. The Hall–Kier alpha value is -2.44. The van der Waals surface area contributed by atoms with Crippen LogP contribution in [0.3, 0.4) is 0 Å². The molecule has 0 unspecified atom stereocenters. The molecule has 0 bridgehead atoms. The molecule has 0 radical (unpaired) electrons. The number of nitro benzene ring substituents is 1. The van der Waals surface area contributed by atoms with Crippen LogP contribution < -0.4 is 5.32 Å². The number of esters is 1. The SMILES string of the molecule is C[C@@H]1[C@H](C)CCC[C@H]1NC(=O)[C@H](C)OC(=O)c1ccccc1[N+](=O)[O-]. The van der Waals surface area contributed by atoms with Crippen molar-refractivity contribution in [3.05, 3.63) is 39.9 Å². The van der Waals surface area contributed by atoms with Gasteiger partial charge in [-0.1, -0.05) is 38.8 Å². The van der Waals surface area contributed by atoms with Crippen LogP contribution in [0.15, 0.2) is 24.3 Å². The number of hydrogen-bond acceptors (Lipinski definition) is 5. The highest BCUT2D eigenvalue weighted by molar-refractivity contribution is 5.95. The van der Waals surface area contributed by atoms with Crippen molar-refractivity contribution in [2.75, 3.05) is 0 Å². The normalized spacial score (nSPS) is 24.2. The molecule has 7 nitrogen and oxygen atoms in total. The lowest BCUT2D eigenvalue weighted by molar-refractivity contribution is -0.385. The van der Waals surface area contributed by atoms with Crippen molar-refractivity contribution >= 4 is 17.6 Å². The molecule has 0 aromatic heterocycles. The molecule has 0 aliphatic heterocycles. The van der Waals surface area contributed by atoms with Crippen molar-refractivity contribution < 1.29 is 19.2 Å². The Kier molecular flexibility index (Phi) is 6.12. The van der Waals surface area contributed by atoms with Crippen LogP contribution in [-0.2, 0) is 9.53 Å². The number of benzene rings is 1. The number of rotatable bonds is 5. The van der Waals surface area contributed by atoms with E-state index < -0.39 is 17.0 Å². The molecule has 1 aliphatic carbocycles. The minimum atomic E-state index is -1.02. The minimum absolute atomic E-state index is 0.0588. The highest BCUT2D eigenvalue weighted by Gasteiger charge is 2.31. The van der Waals surface area contributed by atoms with Crippen LogP contribution in [0, 0.1) is 22.0 Å². The van der Waals surface area contributed by atoms with Gasteiger partial charge in [0.25, 0.3) is 11.6 Å². The molecule has 1 N–H and O–H groups in total. The molecule has 7 heteroatoms. The highest BCUT2D eigenvalue weighted by Crippen LogP contribution is 2.29. The molecule has 136 valence electrons. The van der Waals surface area contributed by atoms with E-state index >= 15 is 0 Å². The predicted molar refractivity (Wildman–Crippen MR) is 92.1 cm³/mol. The molecular weight excluding hydrogens is 324 g/mol. The maximum atomic E-state index is 12.3. The maximum Gasteiger partial charge on any atom is 0.345 e. The van der Waals surface area contributed by atoms with Gasteiger partial charge in [0.15, 0.2) is 6.10 Å². The molecule has 25 heavy (non-hydrogen) atoms. The number of ether oxygens (including phenoxy) is 1. The summed E-state index contributed by atoms with van der Waals surface area (Å²) >= 11 is 0. The molecule has 0 heterocycles. The second kappa shape index (κ2) is 8.09. The molecule has 0 spiro atoms. The number of carbonyl (C=O) groups excluding carboxylic acids is 2. The lowest BCUT2D eigenvalue weighted by Crippen LogP contribution is -2.47. The van der Waals surface area contributed by atoms with E-state index in [1.807, 2.05) is 0 Å². The van der Waals surface area contributed by atoms with Gasteiger partial charge in [-0.25, -0.2) is 4.79 Å². The van der Waals surface area contributed by atoms with Gasteiger partial charge in [-0.3, -0.25) is 14.9 Å². The van der Waals surface area contributed by atoms with Crippen molar-refractivity contribution in [3.63, 3.8) is 0 Å². The predicted octanol–water partition coefficient (Wildman–Crippen LogP) is 3.08. The number of hydrogen-bond donors (Lipinski definition) is 1. The molecule has 4 atom stereocenters. The quantitative estimate of drug-likeness (QED) is 0.501. The summed E-state index contributed by atoms with van der Waals surface area (Å²) in [6, 6.07) is 5.59. The Labute approximate surface area is 146 Å². The van der Waals surface area contributed by atoms with Crippen LogP contribution in [0.25, 0.3) is 0 Å². The maximum absolute atomic E-state index is 12.3. The Balaban J connectivity index is 1.99. The lowest BCUT2D eigenvalue weighted by atomic mass is 9.78. The summed E-state index contributed by atoms with van der Waals surface area (Å²) in [6.45, 7) is 5.75. The minimum Gasteiger partial charge on any atom is -0.449 e. The van der Waals surface area contributed by atoms with E-state index in [-0.39, 0.29) is 23.2 Å². The van der Waals surface area contributed by atoms with E-state index in [0.29, 0.717) is 11.8 Å². The van der Waals surface area contributed by atoms with Gasteiger partial charge < -0.3 is 10.1 Å². The third-order valence-corrected chi connectivity index (χ3v) is 5.01. The fourth-order valence-electron chi connectivity index (χ4n) is 3.17. The van der Waals surface area contributed by atoms with Crippen LogP contribution in [0.4, 0.5) is 5.69 Å². The zero-order valence-corrected chi connectivity index (χ0v) is 14.7. The van der Waals surface area contributed by atoms with Gasteiger partial charge in [-0.2, -0.15) is 0 Å². The topological polar surface area (TPSA) is 98.5 Å². The molecule has 1 aromatic rings. The fraction of sp³-hybridized carbons (Fsp3) is 0.556. The van der Waals surface area contributed by atoms with Crippen molar-refractivity contribution in [1.82, 2.24) is 5.32 Å². The summed E-state index contributed by atoms with van der Waals surface area (Å²) in [7, 11) is 0. The van der Waals surface area contributed by atoms with Gasteiger partial charge in [-0.15, -0.1) is 0 Å². The zero-order valence-electron chi connectivity index (χ0n) is 14.7. The lowest BCUT2D eigenvalue weighted by Gasteiger charge is -2.35. The molecule has 1 saturated carbocycles. The molecule has 1 fully saturated rings. The van der Waals surface area contributed by atoms with Crippen molar-refractivity contribution in [3.8, 4) is 0 Å². The number of carbonyl (C=O) groups is 2. The second-order valence-electron chi connectivity index (χ2n) is 6.70. The van der Waals surface area contributed by atoms with E-state index in [1.165, 1.54) is 31.2 Å². The second-order valence-corrected chi connectivity index (χ2v) is 6.70. The smallest absolute Gasteiger partial charge is 0.345 e. The van der Waals surface area contributed by atoms with Crippen molar-refractivity contribution in [2.45, 2.75) is 52.2 Å². The number of amides is 1. The molecule has 1 aliphatic rings. The third-order valence-electron chi connectivity index (χ3n) is 5.01. The van der Waals surface area contributed by atoms with E-state index in [4.69, 9.17) is 4.74 Å². The van der Waals surface area contributed by atoms with E-state index in [0.717, 1.165) is 19.3 Å². The zero-order chi connectivity index (χ0) is 18.6. The number of nitrogens with one attached hydrogen (secondary N) is 1. The van der Waals surface area contributed by atoms with Crippen LogP contribution >= 0.6 is 0 Å². The molecule has 0 saturated heterocycles. The number of nitro groups is 1. The first kappa shape index (κ1) is 18.9. The monoisotopic (exact) mass is 348 g/mol. The van der Waals surface area contributed by atoms with Gasteiger partial charge in [0.05, 0.1) is 4.92 Å². The van der Waals surface area contributed by atoms with Crippen molar-refractivity contribution in [1.29, 1.82) is 0 Å². The molecule has 1 amide bonds. The first-order chi connectivity index (χ1) is 11.8. The van der Waals surface area contributed by atoms with E-state index in [9.17, 15) is 19.7 Å². The first-order valence-electron chi connectivity index (χ1n) is 8.56. The highest BCUT2D eigenvalue weighted by atomic mass is 16.6. The molecular formula is C18H24N2O5. The number of nitrogens with zero attached hydrogens (tertiary/aromatic N) is 1. The van der Waals surface area contributed by atoms with Gasteiger partial charge in [-0.05, 0) is 31.2 Å². The van der Waals surface area contributed by atoms with Crippen LogP contribution in [0.5, 0.6) is 0 Å². The largest absolute Gasteiger partial charge is 0.449 e. The molecule has 1 aromatic carbocycles. The average molecular weight is 348 g/mol. The van der Waals surface area contributed by atoms with Crippen LogP contribution in [0.1, 0.15) is 50.4 Å². The summed E-state index contributed by atoms with van der Waals surface area (Å²) in [5.41, 5.74) is -0.498. The van der Waals surface area contributed by atoms with Gasteiger partial charge in [0.2, 0.25) is 0 Å². The van der Waals surface area contributed by atoms with Gasteiger partial charge in [0, 0.05) is 12.1 Å². The fourth-order valence-corrected chi connectivity index (χ4v) is 3.17. The number of para-hydroxylation sites is 1. The summed E-state index contributed by atoms with van der Waals surface area (Å²) in [5.74, 6) is -0.363. The summed E-state index contributed by atoms with van der Waals surface area (Å²) < 4.78 is 5.14. The standard InChI is InChI=1S/C18H24N2O5/c1-11-7-6-9-15(12(11)2)19-17(21)13(3)25-18(22)14-8-4-5-10-16(14)20(23)24/h4-5,8,10-13,15H,6-7,9H2,1-3H3,(H,19,21)/t11-,12-,13+,15-/m1/s1. The average Bonchev–Trinajstić information content (AvgIpc) is 2.58.